The van der Waals surface area contributed by atoms with Crippen LogP contribution >= 0.6 is 22.9 Å². The average Bonchev–Trinajstić information content (AvgIpc) is 3.02. The number of hydrogen-bond donors (Lipinski definition) is 1. The van der Waals surface area contributed by atoms with Crippen LogP contribution in [0.3, 0.4) is 0 Å². The number of sulfonamides is 1. The van der Waals surface area contributed by atoms with E-state index in [1.54, 1.807) is 29.6 Å². The summed E-state index contributed by atoms with van der Waals surface area (Å²) in [6.45, 7) is 0. The smallest absolute Gasteiger partial charge is 0.255 e. The molecule has 0 saturated heterocycles. The fourth-order valence-electron chi connectivity index (χ4n) is 2.09. The van der Waals surface area contributed by atoms with E-state index >= 15 is 0 Å². The van der Waals surface area contributed by atoms with E-state index in [-0.39, 0.29) is 5.13 Å². The van der Waals surface area contributed by atoms with Gasteiger partial charge in [0, 0.05) is 16.0 Å². The maximum absolute atomic E-state index is 12.8. The molecule has 136 valence electrons. The molecule has 3 aromatic rings. The molecule has 3 rings (SSSR count). The Morgan fingerprint density at radius 2 is 1.77 bits per heavy atom. The lowest BCUT2D eigenvalue weighted by Gasteiger charge is -2.09. The molecule has 0 aliphatic carbocycles. The average molecular weight is 419 g/mol. The predicted octanol–water partition coefficient (Wildman–Crippen LogP) is 5.28. The second-order valence-electron chi connectivity index (χ2n) is 5.18. The number of halogens is 4. The molecule has 0 bridgehead atoms. The highest BCUT2D eigenvalue weighted by Crippen LogP contribution is 2.31. The van der Waals surface area contributed by atoms with Gasteiger partial charge in [0.1, 0.15) is 0 Å². The number of hydrogen-bond acceptors (Lipinski definition) is 4. The van der Waals surface area contributed by atoms with Crippen LogP contribution < -0.4 is 4.72 Å². The van der Waals surface area contributed by atoms with Crippen LogP contribution in [0.1, 0.15) is 5.56 Å². The monoisotopic (exact) mass is 418 g/mol. The SMILES string of the molecule is O=S(=O)(Nc1nc(-c2ccc(Cl)cc2)cs1)c1cccc(C(F)(F)F)c1. The number of rotatable bonds is 4. The largest absolute Gasteiger partial charge is 0.416 e. The van der Waals surface area contributed by atoms with E-state index < -0.39 is 26.7 Å². The molecule has 26 heavy (non-hydrogen) atoms. The summed E-state index contributed by atoms with van der Waals surface area (Å²) in [6, 6.07) is 10.3. The van der Waals surface area contributed by atoms with Gasteiger partial charge in [-0.2, -0.15) is 13.2 Å². The first kappa shape index (κ1) is 18.7. The van der Waals surface area contributed by atoms with Gasteiger partial charge in [0.15, 0.2) is 5.13 Å². The van der Waals surface area contributed by atoms with Gasteiger partial charge in [-0.3, -0.25) is 4.72 Å². The van der Waals surface area contributed by atoms with Crippen LogP contribution in [-0.4, -0.2) is 13.4 Å². The molecule has 0 aliphatic rings. The van der Waals surface area contributed by atoms with Crippen molar-refractivity contribution < 1.29 is 21.6 Å². The quantitative estimate of drug-likeness (QED) is 0.626. The van der Waals surface area contributed by atoms with Crippen LogP contribution in [0.15, 0.2) is 58.8 Å². The Balaban J connectivity index is 1.86. The van der Waals surface area contributed by atoms with Crippen molar-refractivity contribution >= 4 is 38.1 Å². The fourth-order valence-corrected chi connectivity index (χ4v) is 4.23. The first-order valence-electron chi connectivity index (χ1n) is 7.07. The van der Waals surface area contributed by atoms with Crippen molar-refractivity contribution in [1.82, 2.24) is 4.98 Å². The maximum Gasteiger partial charge on any atom is 0.416 e. The van der Waals surface area contributed by atoms with Crippen LogP contribution in [-0.2, 0) is 16.2 Å². The molecule has 0 saturated carbocycles. The van der Waals surface area contributed by atoms with Gasteiger partial charge < -0.3 is 0 Å². The molecule has 2 aromatic carbocycles. The van der Waals surface area contributed by atoms with Gasteiger partial charge in [-0.05, 0) is 30.3 Å². The molecule has 0 spiro atoms. The second-order valence-corrected chi connectivity index (χ2v) is 8.15. The Morgan fingerprint density at radius 1 is 1.08 bits per heavy atom. The highest BCUT2D eigenvalue weighted by atomic mass is 35.5. The van der Waals surface area contributed by atoms with Crippen molar-refractivity contribution in [2.24, 2.45) is 0 Å². The Kier molecular flexibility index (Phi) is 4.96. The summed E-state index contributed by atoms with van der Waals surface area (Å²) in [5, 5.41) is 2.23. The number of nitrogens with one attached hydrogen (secondary N) is 1. The lowest BCUT2D eigenvalue weighted by Crippen LogP contribution is -2.14. The van der Waals surface area contributed by atoms with Gasteiger partial charge in [0.2, 0.25) is 0 Å². The minimum absolute atomic E-state index is 0.0485. The third-order valence-electron chi connectivity index (χ3n) is 3.34. The number of nitrogens with zero attached hydrogens (tertiary/aromatic N) is 1. The molecule has 1 aromatic heterocycles. The second kappa shape index (κ2) is 6.90. The highest BCUT2D eigenvalue weighted by molar-refractivity contribution is 7.93. The topological polar surface area (TPSA) is 59.1 Å². The van der Waals surface area contributed by atoms with Crippen LogP contribution in [0.2, 0.25) is 5.02 Å². The number of benzene rings is 2. The summed E-state index contributed by atoms with van der Waals surface area (Å²) in [5.74, 6) is 0. The van der Waals surface area contributed by atoms with Gasteiger partial charge in [-0.1, -0.05) is 29.8 Å². The van der Waals surface area contributed by atoms with E-state index in [1.165, 1.54) is 0 Å². The molecule has 1 heterocycles. The predicted molar refractivity (Wildman–Crippen MR) is 94.8 cm³/mol. The van der Waals surface area contributed by atoms with Crippen LogP contribution in [0.4, 0.5) is 18.3 Å². The summed E-state index contributed by atoms with van der Waals surface area (Å²) >= 11 is 6.84. The van der Waals surface area contributed by atoms with Gasteiger partial charge >= 0.3 is 6.18 Å². The Bertz CT molecular complexity index is 1030. The highest BCUT2D eigenvalue weighted by Gasteiger charge is 2.31. The molecule has 0 amide bonds. The van der Waals surface area contributed by atoms with Crippen LogP contribution in [0.25, 0.3) is 11.3 Å². The van der Waals surface area contributed by atoms with Crippen molar-refractivity contribution in [3.63, 3.8) is 0 Å². The molecule has 10 heteroatoms. The minimum Gasteiger partial charge on any atom is -0.255 e. The molecular formula is C16H10ClF3N2O2S2. The zero-order valence-corrected chi connectivity index (χ0v) is 15.2. The molecule has 0 radical (unpaired) electrons. The van der Waals surface area contributed by atoms with E-state index in [0.29, 0.717) is 16.8 Å². The molecule has 0 aliphatic heterocycles. The van der Waals surface area contributed by atoms with Gasteiger partial charge in [0.05, 0.1) is 16.2 Å². The zero-order valence-electron chi connectivity index (χ0n) is 12.8. The van der Waals surface area contributed by atoms with Gasteiger partial charge in [-0.25, -0.2) is 13.4 Å². The number of thiazole rings is 1. The lowest BCUT2D eigenvalue weighted by atomic mass is 10.2. The Morgan fingerprint density at radius 3 is 2.42 bits per heavy atom. The first-order chi connectivity index (χ1) is 12.1. The molecule has 4 nitrogen and oxygen atoms in total. The normalized spacial score (nSPS) is 12.2. The van der Waals surface area contributed by atoms with Gasteiger partial charge in [0.25, 0.3) is 10.0 Å². The maximum atomic E-state index is 12.8. The molecular weight excluding hydrogens is 409 g/mol. The summed E-state index contributed by atoms with van der Waals surface area (Å²) in [4.78, 5) is 3.66. The standard InChI is InChI=1S/C16H10ClF3N2O2S2/c17-12-6-4-10(5-7-12)14-9-25-15(21-14)22-26(23,24)13-3-1-2-11(8-13)16(18,19)20/h1-9H,(H,21,22). The molecule has 0 atom stereocenters. The number of aromatic nitrogens is 1. The van der Waals surface area contributed by atoms with E-state index in [4.69, 9.17) is 11.6 Å². The van der Waals surface area contributed by atoms with Gasteiger partial charge in [-0.15, -0.1) is 11.3 Å². The summed E-state index contributed by atoms with van der Waals surface area (Å²) < 4.78 is 65.2. The van der Waals surface area contributed by atoms with E-state index in [1.807, 2.05) is 0 Å². The fraction of sp³-hybridized carbons (Fsp3) is 0.0625. The van der Waals surface area contributed by atoms with E-state index in [2.05, 4.69) is 9.71 Å². The van der Waals surface area contributed by atoms with Crippen LogP contribution in [0.5, 0.6) is 0 Å². The minimum atomic E-state index is -4.63. The summed E-state index contributed by atoms with van der Waals surface area (Å²) in [7, 11) is -4.19. The van der Waals surface area contributed by atoms with Crippen molar-refractivity contribution in [3.8, 4) is 11.3 Å². The summed E-state index contributed by atoms with van der Waals surface area (Å²) in [6.07, 6.45) is -4.63. The lowest BCUT2D eigenvalue weighted by molar-refractivity contribution is -0.137. The number of alkyl halides is 3. The van der Waals surface area contributed by atoms with E-state index in [9.17, 15) is 21.6 Å². The summed E-state index contributed by atoms with van der Waals surface area (Å²) in [5.41, 5.74) is 0.213. The van der Waals surface area contributed by atoms with Crippen molar-refractivity contribution in [3.05, 3.63) is 64.5 Å². The zero-order chi connectivity index (χ0) is 18.9. The molecule has 0 unspecified atom stereocenters. The molecule has 0 fully saturated rings. The molecule has 1 N–H and O–H groups in total. The third kappa shape index (κ3) is 4.17. The van der Waals surface area contributed by atoms with E-state index in [0.717, 1.165) is 35.1 Å². The number of anilines is 1. The van der Waals surface area contributed by atoms with Crippen LogP contribution in [0, 0.1) is 0 Å². The van der Waals surface area contributed by atoms with Crippen molar-refractivity contribution in [2.45, 2.75) is 11.1 Å². The Hall–Kier alpha value is -2.10. The van der Waals surface area contributed by atoms with Crippen molar-refractivity contribution in [1.29, 1.82) is 0 Å². The van der Waals surface area contributed by atoms with Crippen molar-refractivity contribution in [2.75, 3.05) is 4.72 Å². The first-order valence-corrected chi connectivity index (χ1v) is 9.81. The third-order valence-corrected chi connectivity index (χ3v) is 5.81. The Labute approximate surface area is 156 Å².